The highest BCUT2D eigenvalue weighted by atomic mass is 32.2. The van der Waals surface area contributed by atoms with E-state index in [2.05, 4.69) is 19.7 Å². The van der Waals surface area contributed by atoms with E-state index in [-0.39, 0.29) is 17.4 Å². The highest BCUT2D eigenvalue weighted by molar-refractivity contribution is 7.89. The fourth-order valence-corrected chi connectivity index (χ4v) is 3.28. The van der Waals surface area contributed by atoms with E-state index in [0.717, 1.165) is 0 Å². The predicted molar refractivity (Wildman–Crippen MR) is 93.5 cm³/mol. The molecular formula is C11H15N7O2S3. The molecule has 124 valence electrons. The Morgan fingerprint density at radius 3 is 2.57 bits per heavy atom. The van der Waals surface area contributed by atoms with Crippen molar-refractivity contribution in [2.24, 2.45) is 22.2 Å². The van der Waals surface area contributed by atoms with Crippen molar-refractivity contribution in [3.05, 3.63) is 22.0 Å². The van der Waals surface area contributed by atoms with Crippen LogP contribution in [-0.4, -0.2) is 30.1 Å². The largest absolute Gasteiger partial charge is 0.395 e. The normalized spacial score (nSPS) is 12.1. The van der Waals surface area contributed by atoms with Gasteiger partial charge in [0.1, 0.15) is 16.4 Å². The van der Waals surface area contributed by atoms with E-state index >= 15 is 0 Å². The molecule has 0 bridgehead atoms. The minimum absolute atomic E-state index is 0.0354. The Morgan fingerprint density at radius 1 is 1.26 bits per heavy atom. The highest BCUT2D eigenvalue weighted by Gasteiger charge is 2.11. The molecule has 0 fully saturated rings. The van der Waals surface area contributed by atoms with Gasteiger partial charge in [-0.2, -0.15) is 4.99 Å². The van der Waals surface area contributed by atoms with E-state index in [1.807, 2.05) is 0 Å². The van der Waals surface area contributed by atoms with Gasteiger partial charge in [-0.25, -0.2) is 18.4 Å². The first-order valence-corrected chi connectivity index (χ1v) is 9.69. The number of nitrogens with zero attached hydrogens (tertiary/aromatic N) is 3. The maximum Gasteiger partial charge on any atom is 0.232 e. The van der Waals surface area contributed by atoms with Crippen LogP contribution < -0.4 is 21.9 Å². The zero-order valence-corrected chi connectivity index (χ0v) is 14.5. The van der Waals surface area contributed by atoms with Crippen molar-refractivity contribution in [2.45, 2.75) is 6.92 Å². The van der Waals surface area contributed by atoms with Crippen molar-refractivity contribution < 1.29 is 8.42 Å². The van der Waals surface area contributed by atoms with Gasteiger partial charge in [-0.3, -0.25) is 4.72 Å². The summed E-state index contributed by atoms with van der Waals surface area (Å²) in [6.45, 7) is 1.53. The number of aromatic nitrogens is 2. The monoisotopic (exact) mass is 373 g/mol. The molecule has 0 saturated heterocycles. The molecule has 0 aliphatic heterocycles. The van der Waals surface area contributed by atoms with Gasteiger partial charge in [0, 0.05) is 17.0 Å². The number of aliphatic imine (C=N–C) groups is 1. The minimum Gasteiger partial charge on any atom is -0.395 e. The van der Waals surface area contributed by atoms with Crippen molar-refractivity contribution in [1.82, 2.24) is 14.7 Å². The Labute approximate surface area is 141 Å². The maximum absolute atomic E-state index is 11.4. The fourth-order valence-electron chi connectivity index (χ4n) is 1.37. The summed E-state index contributed by atoms with van der Waals surface area (Å²) in [5.41, 5.74) is 17.9. The van der Waals surface area contributed by atoms with Crippen LogP contribution in [0.2, 0.25) is 0 Å². The highest BCUT2D eigenvalue weighted by Crippen LogP contribution is 2.28. The predicted octanol–water partition coefficient (Wildman–Crippen LogP) is 0.368. The summed E-state index contributed by atoms with van der Waals surface area (Å²) in [5.74, 6) is -0.105. The van der Waals surface area contributed by atoms with Crippen LogP contribution in [0.15, 0.2) is 22.0 Å². The summed E-state index contributed by atoms with van der Waals surface area (Å²) in [6.07, 6.45) is 1.22. The van der Waals surface area contributed by atoms with Gasteiger partial charge >= 0.3 is 0 Å². The van der Waals surface area contributed by atoms with Crippen LogP contribution in [0, 0.1) is 0 Å². The molecule has 2 heterocycles. The zero-order chi connectivity index (χ0) is 17.0. The fraction of sp³-hybridized carbons (Fsp3) is 0.182. The Bertz CT molecular complexity index is 847. The zero-order valence-electron chi connectivity index (χ0n) is 12.1. The van der Waals surface area contributed by atoms with Crippen molar-refractivity contribution in [3.8, 4) is 11.4 Å². The molecule has 0 aromatic carbocycles. The molecule has 9 nitrogen and oxygen atoms in total. The Hall–Kier alpha value is -2.18. The number of guanidine groups is 1. The average molecular weight is 373 g/mol. The first kappa shape index (κ1) is 17.2. The third-order valence-electron chi connectivity index (χ3n) is 2.50. The maximum atomic E-state index is 11.4. The third-order valence-corrected chi connectivity index (χ3v) is 5.37. The number of nitrogens with one attached hydrogen (secondary N) is 1. The van der Waals surface area contributed by atoms with Crippen LogP contribution in [-0.2, 0) is 10.0 Å². The van der Waals surface area contributed by atoms with Crippen molar-refractivity contribution in [2.75, 3.05) is 5.75 Å². The Kier molecular flexibility index (Phi) is 5.18. The molecule has 0 amide bonds. The van der Waals surface area contributed by atoms with Crippen LogP contribution in [0.25, 0.3) is 17.1 Å². The molecule has 0 aliphatic carbocycles. The molecule has 2 rings (SSSR count). The first-order chi connectivity index (χ1) is 10.8. The molecule has 7 N–H and O–H groups in total. The van der Waals surface area contributed by atoms with Gasteiger partial charge < -0.3 is 17.2 Å². The molecule has 12 heteroatoms. The van der Waals surface area contributed by atoms with E-state index in [1.54, 1.807) is 10.8 Å². The molecular weight excluding hydrogens is 358 g/mol. The van der Waals surface area contributed by atoms with Gasteiger partial charge in [-0.1, -0.05) is 0 Å². The summed E-state index contributed by atoms with van der Waals surface area (Å²) >= 11 is 2.55. The standard InChI is InChI=1S/C11H15N7O2S3/c1-2-23(19,20)15-3-6(12)9-16-7(4-21-9)8-5-22-11(17-8)18-10(13)14/h3-5,15H,2,12H2,1H3,(H4,13,14,17,18). The second-order valence-electron chi connectivity index (χ2n) is 4.21. The van der Waals surface area contributed by atoms with Gasteiger partial charge in [0.05, 0.1) is 11.4 Å². The number of thiazole rings is 2. The van der Waals surface area contributed by atoms with Gasteiger partial charge in [0.2, 0.25) is 15.2 Å². The van der Waals surface area contributed by atoms with E-state index in [0.29, 0.717) is 21.5 Å². The number of hydrogen-bond acceptors (Lipinski definition) is 8. The van der Waals surface area contributed by atoms with Crippen molar-refractivity contribution in [3.63, 3.8) is 0 Å². The molecule has 0 radical (unpaired) electrons. The van der Waals surface area contributed by atoms with E-state index in [1.165, 1.54) is 35.8 Å². The molecule has 0 saturated carbocycles. The summed E-state index contributed by atoms with van der Waals surface area (Å²) in [7, 11) is -3.35. The second kappa shape index (κ2) is 6.93. The lowest BCUT2D eigenvalue weighted by atomic mass is 10.4. The number of sulfonamides is 1. The second-order valence-corrected chi connectivity index (χ2v) is 7.95. The van der Waals surface area contributed by atoms with Gasteiger partial charge in [-0.15, -0.1) is 22.7 Å². The van der Waals surface area contributed by atoms with Gasteiger partial charge in [0.15, 0.2) is 5.96 Å². The summed E-state index contributed by atoms with van der Waals surface area (Å²) in [5, 5.41) is 4.43. The lowest BCUT2D eigenvalue weighted by Crippen LogP contribution is -2.21. The van der Waals surface area contributed by atoms with Crippen LogP contribution >= 0.6 is 22.7 Å². The van der Waals surface area contributed by atoms with Crippen LogP contribution in [0.3, 0.4) is 0 Å². The number of hydrogen-bond donors (Lipinski definition) is 4. The summed E-state index contributed by atoms with van der Waals surface area (Å²) < 4.78 is 25.0. The lowest BCUT2D eigenvalue weighted by Gasteiger charge is -2.01. The SMILES string of the molecule is CCS(=O)(=O)NC=C(N)c1nc(-c2csc(N=C(N)N)n2)cs1. The van der Waals surface area contributed by atoms with Crippen LogP contribution in [0.1, 0.15) is 11.9 Å². The topological polar surface area (TPSA) is 162 Å². The molecule has 23 heavy (non-hydrogen) atoms. The van der Waals surface area contributed by atoms with E-state index in [4.69, 9.17) is 17.2 Å². The smallest absolute Gasteiger partial charge is 0.232 e. The molecule has 2 aromatic rings. The minimum atomic E-state index is -3.35. The quantitative estimate of drug-likeness (QED) is 0.420. The van der Waals surface area contributed by atoms with Crippen LogP contribution in [0.4, 0.5) is 5.13 Å². The van der Waals surface area contributed by atoms with Gasteiger partial charge in [-0.05, 0) is 6.92 Å². The molecule has 0 aliphatic rings. The van der Waals surface area contributed by atoms with E-state index in [9.17, 15) is 8.42 Å². The van der Waals surface area contributed by atoms with E-state index < -0.39 is 10.0 Å². The molecule has 2 aromatic heterocycles. The van der Waals surface area contributed by atoms with Gasteiger partial charge in [0.25, 0.3) is 0 Å². The Balaban J connectivity index is 2.19. The molecule has 0 unspecified atom stereocenters. The number of nitrogens with two attached hydrogens (primary N) is 3. The third kappa shape index (κ3) is 4.64. The molecule has 0 spiro atoms. The van der Waals surface area contributed by atoms with Crippen molar-refractivity contribution in [1.29, 1.82) is 0 Å². The number of rotatable bonds is 6. The molecule has 0 atom stereocenters. The lowest BCUT2D eigenvalue weighted by molar-refractivity contribution is 0.592. The van der Waals surface area contributed by atoms with Crippen LogP contribution in [0.5, 0.6) is 0 Å². The Morgan fingerprint density at radius 2 is 1.91 bits per heavy atom. The first-order valence-electron chi connectivity index (χ1n) is 6.28. The van der Waals surface area contributed by atoms with Crippen molar-refractivity contribution >= 4 is 49.5 Å². The average Bonchev–Trinajstić information content (AvgIpc) is 3.13. The summed E-state index contributed by atoms with van der Waals surface area (Å²) in [6, 6.07) is 0. The summed E-state index contributed by atoms with van der Waals surface area (Å²) in [4.78, 5) is 12.4.